The first kappa shape index (κ1) is 14.5. The van der Waals surface area contributed by atoms with Crippen molar-refractivity contribution in [3.05, 3.63) is 52.4 Å². The van der Waals surface area contributed by atoms with Gasteiger partial charge in [0, 0.05) is 5.02 Å². The number of rotatable bonds is 4. The summed E-state index contributed by atoms with van der Waals surface area (Å²) in [5.41, 5.74) is 0.157. The van der Waals surface area contributed by atoms with Crippen LogP contribution in [0.25, 0.3) is 0 Å². The third-order valence-electron chi connectivity index (χ3n) is 2.72. The molecule has 0 radical (unpaired) electrons. The molecule has 1 N–H and O–H groups in total. The number of sulfonamides is 1. The lowest BCUT2D eigenvalue weighted by Gasteiger charge is -2.26. The molecule has 1 aromatic carbocycles. The van der Waals surface area contributed by atoms with Gasteiger partial charge in [-0.15, -0.1) is 11.3 Å². The lowest BCUT2D eigenvalue weighted by molar-refractivity contribution is 0.473. The van der Waals surface area contributed by atoms with Gasteiger partial charge in [-0.2, -0.15) is 0 Å². The molecule has 0 unspecified atom stereocenters. The summed E-state index contributed by atoms with van der Waals surface area (Å²) >= 11 is 7.04. The van der Waals surface area contributed by atoms with Crippen LogP contribution in [0.3, 0.4) is 0 Å². The number of benzene rings is 1. The van der Waals surface area contributed by atoms with Crippen LogP contribution < -0.4 is 4.72 Å². The van der Waals surface area contributed by atoms with Crippen LogP contribution >= 0.6 is 22.9 Å². The van der Waals surface area contributed by atoms with Gasteiger partial charge in [-0.3, -0.25) is 0 Å². The molecule has 0 atom stereocenters. The molecular weight excluding hydrogens is 302 g/mol. The molecule has 0 aliphatic rings. The molecule has 2 aromatic rings. The van der Waals surface area contributed by atoms with Gasteiger partial charge in [0.15, 0.2) is 0 Å². The summed E-state index contributed by atoms with van der Waals surface area (Å²) in [5.74, 6) is 0. The van der Waals surface area contributed by atoms with Crippen molar-refractivity contribution in [1.82, 2.24) is 4.72 Å². The zero-order chi connectivity index (χ0) is 14.1. The van der Waals surface area contributed by atoms with E-state index in [-0.39, 0.29) is 0 Å². The Morgan fingerprint density at radius 2 is 1.79 bits per heavy atom. The average molecular weight is 316 g/mol. The van der Waals surface area contributed by atoms with Gasteiger partial charge in [-0.05, 0) is 43.0 Å². The van der Waals surface area contributed by atoms with E-state index in [9.17, 15) is 8.42 Å². The van der Waals surface area contributed by atoms with Gasteiger partial charge < -0.3 is 0 Å². The largest absolute Gasteiger partial charge is 0.250 e. The van der Waals surface area contributed by atoms with Crippen molar-refractivity contribution < 1.29 is 8.42 Å². The number of halogens is 1. The number of hydrogen-bond acceptors (Lipinski definition) is 3. The summed E-state index contributed by atoms with van der Waals surface area (Å²) in [7, 11) is -3.50. The predicted molar refractivity (Wildman–Crippen MR) is 79.1 cm³/mol. The van der Waals surface area contributed by atoms with Crippen LogP contribution in [0.5, 0.6) is 0 Å². The van der Waals surface area contributed by atoms with Crippen molar-refractivity contribution in [3.63, 3.8) is 0 Å². The van der Waals surface area contributed by atoms with Gasteiger partial charge in [-0.1, -0.05) is 29.8 Å². The minimum atomic E-state index is -3.50. The van der Waals surface area contributed by atoms with Gasteiger partial charge in [0.05, 0.1) is 5.54 Å². The highest BCUT2D eigenvalue weighted by molar-refractivity contribution is 7.91. The fraction of sp³-hybridized carbons (Fsp3) is 0.231. The standard InChI is InChI=1S/C13H14ClNO2S2/c1-13(2,10-5-7-11(14)8-6-10)15-19(16,17)12-4-3-9-18-12/h3-9,15H,1-2H3. The molecule has 3 nitrogen and oxygen atoms in total. The van der Waals surface area contributed by atoms with Crippen molar-refractivity contribution in [1.29, 1.82) is 0 Å². The van der Waals surface area contributed by atoms with E-state index < -0.39 is 15.6 Å². The van der Waals surface area contributed by atoms with Gasteiger partial charge >= 0.3 is 0 Å². The first-order valence-corrected chi connectivity index (χ1v) is 8.39. The third-order valence-corrected chi connectivity index (χ3v) is 6.02. The SMILES string of the molecule is CC(C)(NS(=O)(=O)c1cccs1)c1ccc(Cl)cc1. The summed E-state index contributed by atoms with van der Waals surface area (Å²) < 4.78 is 27.5. The summed E-state index contributed by atoms with van der Waals surface area (Å²) in [6.45, 7) is 3.64. The second-order valence-electron chi connectivity index (χ2n) is 4.67. The maximum absolute atomic E-state index is 12.2. The molecule has 2 rings (SSSR count). The molecule has 102 valence electrons. The van der Waals surface area contributed by atoms with Crippen LogP contribution in [0.4, 0.5) is 0 Å². The van der Waals surface area contributed by atoms with E-state index >= 15 is 0 Å². The highest BCUT2D eigenvalue weighted by atomic mass is 35.5. The van der Waals surface area contributed by atoms with Crippen molar-refractivity contribution in [3.8, 4) is 0 Å². The molecule has 0 aliphatic heterocycles. The molecule has 6 heteroatoms. The maximum atomic E-state index is 12.2. The van der Waals surface area contributed by atoms with E-state index in [4.69, 9.17) is 11.6 Å². The average Bonchev–Trinajstić information content (AvgIpc) is 2.82. The van der Waals surface area contributed by atoms with Crippen LogP contribution in [-0.4, -0.2) is 8.42 Å². The van der Waals surface area contributed by atoms with Crippen LogP contribution in [0.2, 0.25) is 5.02 Å². The summed E-state index contributed by atoms with van der Waals surface area (Å²) in [4.78, 5) is 0. The molecule has 0 aliphatic carbocycles. The highest BCUT2D eigenvalue weighted by Crippen LogP contribution is 2.25. The third kappa shape index (κ3) is 3.36. The topological polar surface area (TPSA) is 46.2 Å². The van der Waals surface area contributed by atoms with Crippen LogP contribution in [0.15, 0.2) is 46.0 Å². The van der Waals surface area contributed by atoms with Crippen LogP contribution in [-0.2, 0) is 15.6 Å². The molecule has 0 spiro atoms. The Balaban J connectivity index is 2.29. The van der Waals surface area contributed by atoms with Crippen LogP contribution in [0.1, 0.15) is 19.4 Å². The van der Waals surface area contributed by atoms with Crippen molar-refractivity contribution in [2.24, 2.45) is 0 Å². The van der Waals surface area contributed by atoms with Gasteiger partial charge in [-0.25, -0.2) is 13.1 Å². The summed E-state index contributed by atoms with van der Waals surface area (Å²) in [5, 5.41) is 2.37. The monoisotopic (exact) mass is 315 g/mol. The van der Waals surface area contributed by atoms with E-state index in [0.29, 0.717) is 9.23 Å². The van der Waals surface area contributed by atoms with Gasteiger partial charge in [0.2, 0.25) is 0 Å². The Labute approximate surface area is 122 Å². The first-order valence-electron chi connectivity index (χ1n) is 5.65. The minimum Gasteiger partial charge on any atom is -0.206 e. The number of hydrogen-bond donors (Lipinski definition) is 1. The van der Waals surface area contributed by atoms with Crippen molar-refractivity contribution in [2.75, 3.05) is 0 Å². The number of thiophene rings is 1. The van der Waals surface area contributed by atoms with Gasteiger partial charge in [0.1, 0.15) is 4.21 Å². The zero-order valence-electron chi connectivity index (χ0n) is 10.6. The van der Waals surface area contributed by atoms with E-state index in [1.54, 1.807) is 29.6 Å². The van der Waals surface area contributed by atoms with E-state index in [1.807, 2.05) is 26.0 Å². The Kier molecular flexibility index (Phi) is 4.01. The minimum absolute atomic E-state index is 0.314. The quantitative estimate of drug-likeness (QED) is 0.936. The fourth-order valence-electron chi connectivity index (χ4n) is 1.73. The smallest absolute Gasteiger partial charge is 0.206 e. The molecule has 0 bridgehead atoms. The Hall–Kier alpha value is -0.880. The van der Waals surface area contributed by atoms with E-state index in [0.717, 1.165) is 5.56 Å². The zero-order valence-corrected chi connectivity index (χ0v) is 12.9. The first-order chi connectivity index (χ1) is 8.81. The van der Waals surface area contributed by atoms with E-state index in [2.05, 4.69) is 4.72 Å². The van der Waals surface area contributed by atoms with E-state index in [1.165, 1.54) is 11.3 Å². The highest BCUT2D eigenvalue weighted by Gasteiger charge is 2.28. The molecule has 0 saturated carbocycles. The fourth-order valence-corrected chi connectivity index (χ4v) is 4.25. The summed E-state index contributed by atoms with van der Waals surface area (Å²) in [6, 6.07) is 10.4. The molecule has 19 heavy (non-hydrogen) atoms. The Bertz CT molecular complexity index is 646. The summed E-state index contributed by atoms with van der Waals surface area (Å²) in [6.07, 6.45) is 0. The molecule has 0 saturated heterocycles. The number of nitrogens with one attached hydrogen (secondary N) is 1. The second-order valence-corrected chi connectivity index (χ2v) is 7.96. The van der Waals surface area contributed by atoms with Gasteiger partial charge in [0.25, 0.3) is 10.0 Å². The predicted octanol–water partition coefficient (Wildman–Crippen LogP) is 3.62. The van der Waals surface area contributed by atoms with Crippen molar-refractivity contribution in [2.45, 2.75) is 23.6 Å². The molecular formula is C13H14ClNO2S2. The molecule has 1 heterocycles. The Morgan fingerprint density at radius 1 is 1.16 bits per heavy atom. The Morgan fingerprint density at radius 3 is 2.32 bits per heavy atom. The molecule has 1 aromatic heterocycles. The molecule has 0 fully saturated rings. The molecule has 0 amide bonds. The lowest BCUT2D eigenvalue weighted by atomic mass is 9.96. The van der Waals surface area contributed by atoms with Crippen molar-refractivity contribution >= 4 is 33.0 Å². The second kappa shape index (κ2) is 5.25. The van der Waals surface area contributed by atoms with Crippen LogP contribution in [0, 0.1) is 0 Å². The normalized spacial score (nSPS) is 12.6. The lowest BCUT2D eigenvalue weighted by Crippen LogP contribution is -2.40. The maximum Gasteiger partial charge on any atom is 0.250 e.